The van der Waals surface area contributed by atoms with Crippen LogP contribution in [0.5, 0.6) is 11.5 Å². The van der Waals surface area contributed by atoms with E-state index in [9.17, 15) is 0 Å². The van der Waals surface area contributed by atoms with Gasteiger partial charge < -0.3 is 4.74 Å². The molecule has 0 unspecified atom stereocenters. The van der Waals surface area contributed by atoms with Gasteiger partial charge in [0.25, 0.3) is 6.33 Å². The molecule has 5 heteroatoms. The van der Waals surface area contributed by atoms with Crippen LogP contribution >= 0.6 is 0 Å². The number of nitrogens with zero attached hydrogens (tertiary/aromatic N) is 4. The molecule has 0 radical (unpaired) electrons. The average Bonchev–Trinajstić information content (AvgIpc) is 3.88. The van der Waals surface area contributed by atoms with Gasteiger partial charge in [0, 0.05) is 40.1 Å². The summed E-state index contributed by atoms with van der Waals surface area (Å²) >= 11 is 0. The van der Waals surface area contributed by atoms with Crippen LogP contribution in [0.2, 0.25) is 0 Å². The molecule has 0 N–H and O–H groups in total. The second-order valence-corrected chi connectivity index (χ2v) is 20.1. The number of imidazole rings is 1. The van der Waals surface area contributed by atoms with Gasteiger partial charge in [-0.2, -0.15) is 0 Å². The molecule has 63 heavy (non-hydrogen) atoms. The Morgan fingerprint density at radius 1 is 0.524 bits per heavy atom. The molecule has 3 heterocycles. The number of ether oxygens (including phenoxy) is 1. The minimum absolute atomic E-state index is 0.0328. The van der Waals surface area contributed by atoms with Crippen molar-refractivity contribution in [2.24, 2.45) is 0 Å². The third-order valence-corrected chi connectivity index (χ3v) is 12.9. The molecule has 0 saturated heterocycles. The Bertz CT molecular complexity index is 3100. The summed E-state index contributed by atoms with van der Waals surface area (Å²) in [5, 5.41) is 2.36. The SMILES string of the molecule is CC(C)(C)c1cccc(-[n+]2[c-]n(-c3cccc(Oc4cc(C(C)(C)c5ccccc5)c5c6ccccc6n(-c6cc(C(C)(C)c7ccccc7)ccn6)c5c4)c3)c(C(C)(C)C)c2)c1. The number of benzene rings is 6. The number of para-hydroxylation sites is 1. The predicted molar refractivity (Wildman–Crippen MR) is 259 cm³/mol. The van der Waals surface area contributed by atoms with Gasteiger partial charge in [0.2, 0.25) is 0 Å². The fraction of sp³-hybridized carbons (Fsp3) is 0.241. The van der Waals surface area contributed by atoms with E-state index in [0.717, 1.165) is 45.4 Å². The first-order chi connectivity index (χ1) is 30.0. The molecule has 9 aromatic rings. The molecule has 0 aliphatic carbocycles. The van der Waals surface area contributed by atoms with Crippen molar-refractivity contribution in [3.05, 3.63) is 210 Å². The van der Waals surface area contributed by atoms with Crippen LogP contribution in [0.25, 0.3) is 39.0 Å². The first-order valence-electron chi connectivity index (χ1n) is 22.1. The van der Waals surface area contributed by atoms with E-state index in [1.54, 1.807) is 0 Å². The Balaban J connectivity index is 1.21. The maximum atomic E-state index is 7.05. The summed E-state index contributed by atoms with van der Waals surface area (Å²) < 4.78 is 13.7. The molecule has 3 aromatic heterocycles. The number of hydrogen-bond acceptors (Lipinski definition) is 2. The molecule has 0 amide bonds. The van der Waals surface area contributed by atoms with Crippen molar-refractivity contribution in [3.63, 3.8) is 0 Å². The highest BCUT2D eigenvalue weighted by Gasteiger charge is 2.31. The lowest BCUT2D eigenvalue weighted by atomic mass is 9.76. The number of rotatable bonds is 9. The molecular formula is C58H58N4O. The lowest BCUT2D eigenvalue weighted by Gasteiger charge is -2.28. The van der Waals surface area contributed by atoms with E-state index in [4.69, 9.17) is 9.72 Å². The number of pyridine rings is 1. The van der Waals surface area contributed by atoms with Crippen molar-refractivity contribution >= 4 is 21.8 Å². The minimum atomic E-state index is -0.375. The maximum Gasteiger partial charge on any atom is 0.269 e. The Morgan fingerprint density at radius 3 is 1.87 bits per heavy atom. The predicted octanol–water partition coefficient (Wildman–Crippen LogP) is 14.1. The summed E-state index contributed by atoms with van der Waals surface area (Å²) in [5.74, 6) is 2.36. The van der Waals surface area contributed by atoms with E-state index >= 15 is 0 Å². The summed E-state index contributed by atoms with van der Waals surface area (Å²) in [6.45, 7) is 22.7. The maximum absolute atomic E-state index is 7.05. The van der Waals surface area contributed by atoms with Crippen molar-refractivity contribution in [1.82, 2.24) is 14.1 Å². The van der Waals surface area contributed by atoms with Crippen LogP contribution in [0.4, 0.5) is 0 Å². The summed E-state index contributed by atoms with van der Waals surface area (Å²) in [5.41, 5.74) is 10.7. The van der Waals surface area contributed by atoms with Crippen LogP contribution in [0.1, 0.15) is 103 Å². The molecule has 5 nitrogen and oxygen atoms in total. The van der Waals surface area contributed by atoms with Crippen molar-refractivity contribution < 1.29 is 9.30 Å². The smallest absolute Gasteiger partial charge is 0.269 e. The van der Waals surface area contributed by atoms with Gasteiger partial charge in [0.1, 0.15) is 17.3 Å². The van der Waals surface area contributed by atoms with Gasteiger partial charge >= 0.3 is 0 Å². The third-order valence-electron chi connectivity index (χ3n) is 12.9. The largest absolute Gasteiger partial charge is 0.458 e. The van der Waals surface area contributed by atoms with Gasteiger partial charge in [-0.15, -0.1) is 0 Å². The summed E-state index contributed by atoms with van der Waals surface area (Å²) in [6.07, 6.45) is 7.86. The van der Waals surface area contributed by atoms with E-state index in [2.05, 4.69) is 247 Å². The highest BCUT2D eigenvalue weighted by molar-refractivity contribution is 6.11. The molecular weight excluding hydrogens is 769 g/mol. The van der Waals surface area contributed by atoms with Gasteiger partial charge in [-0.25, -0.2) is 4.98 Å². The Hall–Kier alpha value is -6.72. The van der Waals surface area contributed by atoms with Crippen LogP contribution < -0.4 is 9.30 Å². The van der Waals surface area contributed by atoms with E-state index in [1.807, 2.05) is 12.3 Å². The Labute approximate surface area is 373 Å². The molecule has 9 rings (SSSR count). The topological polar surface area (TPSA) is 35.9 Å². The van der Waals surface area contributed by atoms with E-state index in [1.165, 1.54) is 38.6 Å². The lowest BCUT2D eigenvalue weighted by Crippen LogP contribution is -2.29. The highest BCUT2D eigenvalue weighted by atomic mass is 16.5. The molecule has 316 valence electrons. The van der Waals surface area contributed by atoms with Crippen LogP contribution in [0.15, 0.2) is 170 Å². The van der Waals surface area contributed by atoms with Gasteiger partial charge in [-0.1, -0.05) is 166 Å². The third kappa shape index (κ3) is 7.75. The van der Waals surface area contributed by atoms with Crippen molar-refractivity contribution in [3.8, 4) is 28.7 Å². The molecule has 0 aliphatic rings. The van der Waals surface area contributed by atoms with Gasteiger partial charge in [0.15, 0.2) is 0 Å². The Kier molecular flexibility index (Phi) is 10.3. The molecule has 0 atom stereocenters. The van der Waals surface area contributed by atoms with Gasteiger partial charge in [-0.05, 0) is 93.2 Å². The lowest BCUT2D eigenvalue weighted by molar-refractivity contribution is -0.599. The van der Waals surface area contributed by atoms with E-state index < -0.39 is 0 Å². The fourth-order valence-electron chi connectivity index (χ4n) is 9.00. The standard InChI is InChI=1S/C58H58N4O/c1-55(2,3)42-25-19-26-44(33-42)60-38-52(56(4,5)6)61(39-60)45-27-20-28-46(35-45)63-47-36-49(58(9,10)41-23-15-12-16-24-41)54-48-29-17-18-30-50(48)62(51(54)37-47)53-34-43(31-32-59-53)57(7,8)40-21-13-11-14-22-40/h11-38H,1-10H3. The molecule has 0 aliphatic heterocycles. The zero-order valence-corrected chi connectivity index (χ0v) is 38.4. The first-order valence-corrected chi connectivity index (χ1v) is 22.1. The van der Waals surface area contributed by atoms with Crippen molar-refractivity contribution in [2.75, 3.05) is 0 Å². The van der Waals surface area contributed by atoms with Crippen LogP contribution in [0.3, 0.4) is 0 Å². The second-order valence-electron chi connectivity index (χ2n) is 20.1. The van der Waals surface area contributed by atoms with Crippen molar-refractivity contribution in [1.29, 1.82) is 0 Å². The minimum Gasteiger partial charge on any atom is -0.458 e. The summed E-state index contributed by atoms with van der Waals surface area (Å²) in [7, 11) is 0. The van der Waals surface area contributed by atoms with Crippen LogP contribution in [-0.4, -0.2) is 14.1 Å². The van der Waals surface area contributed by atoms with Crippen molar-refractivity contribution in [2.45, 2.75) is 90.9 Å². The molecule has 0 spiro atoms. The second kappa shape index (κ2) is 15.6. The highest BCUT2D eigenvalue weighted by Crippen LogP contribution is 2.45. The van der Waals surface area contributed by atoms with E-state index in [-0.39, 0.29) is 21.7 Å². The summed E-state index contributed by atoms with van der Waals surface area (Å²) in [4.78, 5) is 5.08. The van der Waals surface area contributed by atoms with Gasteiger partial charge in [0.05, 0.1) is 28.1 Å². The number of aromatic nitrogens is 4. The van der Waals surface area contributed by atoms with Crippen LogP contribution in [-0.2, 0) is 21.7 Å². The first kappa shape index (κ1) is 41.6. The molecule has 0 saturated carbocycles. The fourth-order valence-corrected chi connectivity index (χ4v) is 9.00. The quantitative estimate of drug-likeness (QED) is 0.107. The molecule has 0 fully saturated rings. The van der Waals surface area contributed by atoms with E-state index in [0.29, 0.717) is 0 Å². The summed E-state index contributed by atoms with van der Waals surface area (Å²) in [6, 6.07) is 56.2. The molecule has 0 bridgehead atoms. The zero-order chi connectivity index (χ0) is 44.3. The van der Waals surface area contributed by atoms with Crippen LogP contribution in [0, 0.1) is 6.33 Å². The molecule has 6 aromatic carbocycles. The number of fused-ring (bicyclic) bond motifs is 3. The normalized spacial score (nSPS) is 12.6. The number of hydrogen-bond donors (Lipinski definition) is 0. The Morgan fingerprint density at radius 2 is 1.17 bits per heavy atom. The van der Waals surface area contributed by atoms with Gasteiger partial charge in [-0.3, -0.25) is 13.7 Å². The average molecular weight is 827 g/mol. The zero-order valence-electron chi connectivity index (χ0n) is 38.4. The monoisotopic (exact) mass is 826 g/mol.